The monoisotopic (exact) mass is 350 g/mol. The highest BCUT2D eigenvalue weighted by atomic mass is 35.5. The van der Waals surface area contributed by atoms with E-state index in [1.807, 2.05) is 6.07 Å². The van der Waals surface area contributed by atoms with Gasteiger partial charge >= 0.3 is 0 Å². The van der Waals surface area contributed by atoms with Crippen LogP contribution in [0.3, 0.4) is 0 Å². The van der Waals surface area contributed by atoms with E-state index in [0.717, 1.165) is 37.7 Å². The molecule has 0 amide bonds. The van der Waals surface area contributed by atoms with Crippen molar-refractivity contribution in [1.29, 1.82) is 0 Å². The minimum atomic E-state index is -0.226. The zero-order chi connectivity index (χ0) is 13.9. The Morgan fingerprint density at radius 3 is 2.55 bits per heavy atom. The van der Waals surface area contributed by atoms with Crippen LogP contribution in [0.2, 0.25) is 0 Å². The molecule has 126 valence electrons. The van der Waals surface area contributed by atoms with Gasteiger partial charge in [-0.15, -0.1) is 24.8 Å². The van der Waals surface area contributed by atoms with Crippen molar-refractivity contribution in [3.63, 3.8) is 0 Å². The van der Waals surface area contributed by atoms with E-state index in [1.165, 1.54) is 25.3 Å². The molecule has 3 rings (SSSR count). The fraction of sp³-hybridized carbons (Fsp3) is 0.625. The summed E-state index contributed by atoms with van der Waals surface area (Å²) in [4.78, 5) is 2.52. The van der Waals surface area contributed by atoms with Gasteiger partial charge in [-0.2, -0.15) is 0 Å². The van der Waals surface area contributed by atoms with E-state index >= 15 is 0 Å². The summed E-state index contributed by atoms with van der Waals surface area (Å²) < 4.78 is 18.8. The molecule has 0 spiro atoms. The van der Waals surface area contributed by atoms with Crippen LogP contribution in [0.15, 0.2) is 18.2 Å². The van der Waals surface area contributed by atoms with Gasteiger partial charge in [0.15, 0.2) is 0 Å². The SMILES string of the molecule is COc1cc(F)ccc1[C@H](CC1CC1)N1CCNCC1.Cl.Cl. The number of methoxy groups -OCH3 is 1. The van der Waals surface area contributed by atoms with E-state index in [0.29, 0.717) is 11.8 Å². The number of nitrogens with one attached hydrogen (secondary N) is 1. The Hall–Kier alpha value is -0.550. The zero-order valence-corrected chi connectivity index (χ0v) is 14.5. The molecule has 0 radical (unpaired) electrons. The van der Waals surface area contributed by atoms with E-state index < -0.39 is 0 Å². The highest BCUT2D eigenvalue weighted by Crippen LogP contribution is 2.42. The quantitative estimate of drug-likeness (QED) is 0.880. The van der Waals surface area contributed by atoms with Crippen LogP contribution in [0.5, 0.6) is 5.75 Å². The van der Waals surface area contributed by atoms with Crippen LogP contribution < -0.4 is 10.1 Å². The normalized spacial score (nSPS) is 19.7. The van der Waals surface area contributed by atoms with Gasteiger partial charge in [-0.3, -0.25) is 4.90 Å². The summed E-state index contributed by atoms with van der Waals surface area (Å²) in [5.74, 6) is 1.30. The smallest absolute Gasteiger partial charge is 0.126 e. The van der Waals surface area contributed by atoms with Crippen LogP contribution in [0.1, 0.15) is 30.9 Å². The first-order chi connectivity index (χ1) is 9.78. The molecule has 1 heterocycles. The summed E-state index contributed by atoms with van der Waals surface area (Å²) in [6.45, 7) is 4.17. The number of piperazine rings is 1. The molecule has 1 atom stereocenters. The van der Waals surface area contributed by atoms with Gasteiger partial charge in [0.25, 0.3) is 0 Å². The lowest BCUT2D eigenvalue weighted by molar-refractivity contribution is 0.157. The van der Waals surface area contributed by atoms with Crippen molar-refractivity contribution in [3.05, 3.63) is 29.6 Å². The van der Waals surface area contributed by atoms with E-state index in [4.69, 9.17) is 4.74 Å². The molecule has 2 fully saturated rings. The second-order valence-electron chi connectivity index (χ2n) is 5.87. The Labute approximate surface area is 144 Å². The molecule has 0 aromatic heterocycles. The lowest BCUT2D eigenvalue weighted by atomic mass is 9.97. The average molecular weight is 351 g/mol. The van der Waals surface area contributed by atoms with Crippen molar-refractivity contribution >= 4 is 24.8 Å². The molecule has 1 aromatic rings. The lowest BCUT2D eigenvalue weighted by Gasteiger charge is -2.36. The average Bonchev–Trinajstić information content (AvgIpc) is 3.30. The molecule has 0 unspecified atom stereocenters. The Kier molecular flexibility index (Phi) is 7.90. The lowest BCUT2D eigenvalue weighted by Crippen LogP contribution is -2.45. The maximum atomic E-state index is 13.4. The zero-order valence-electron chi connectivity index (χ0n) is 12.9. The summed E-state index contributed by atoms with van der Waals surface area (Å²) in [6.07, 6.45) is 3.85. The third-order valence-corrected chi connectivity index (χ3v) is 4.40. The van der Waals surface area contributed by atoms with Crippen molar-refractivity contribution in [1.82, 2.24) is 10.2 Å². The Morgan fingerprint density at radius 1 is 1.27 bits per heavy atom. The highest BCUT2D eigenvalue weighted by molar-refractivity contribution is 5.85. The third-order valence-electron chi connectivity index (χ3n) is 4.40. The first-order valence-corrected chi connectivity index (χ1v) is 7.56. The number of hydrogen-bond acceptors (Lipinski definition) is 3. The minimum Gasteiger partial charge on any atom is -0.496 e. The van der Waals surface area contributed by atoms with Gasteiger partial charge < -0.3 is 10.1 Å². The van der Waals surface area contributed by atoms with Gasteiger partial charge in [0.1, 0.15) is 11.6 Å². The predicted octanol–water partition coefficient (Wildman–Crippen LogP) is 3.42. The molecular weight excluding hydrogens is 326 g/mol. The van der Waals surface area contributed by atoms with E-state index in [1.54, 1.807) is 13.2 Å². The Morgan fingerprint density at radius 2 is 1.95 bits per heavy atom. The topological polar surface area (TPSA) is 24.5 Å². The van der Waals surface area contributed by atoms with Crippen LogP contribution in [-0.2, 0) is 0 Å². The van der Waals surface area contributed by atoms with Gasteiger partial charge in [-0.05, 0) is 18.4 Å². The first-order valence-electron chi connectivity index (χ1n) is 7.56. The largest absolute Gasteiger partial charge is 0.496 e. The number of halogens is 3. The molecule has 1 saturated carbocycles. The van der Waals surface area contributed by atoms with Gasteiger partial charge in [0.2, 0.25) is 0 Å². The molecule has 1 aliphatic heterocycles. The van der Waals surface area contributed by atoms with Crippen molar-refractivity contribution in [3.8, 4) is 5.75 Å². The fourth-order valence-electron chi connectivity index (χ4n) is 3.10. The Bertz CT molecular complexity index is 465. The van der Waals surface area contributed by atoms with Crippen molar-refractivity contribution in [2.75, 3.05) is 33.3 Å². The highest BCUT2D eigenvalue weighted by Gasteiger charge is 2.31. The molecular formula is C16H25Cl2FN2O. The number of benzene rings is 1. The van der Waals surface area contributed by atoms with Crippen LogP contribution >= 0.6 is 24.8 Å². The summed E-state index contributed by atoms with van der Waals surface area (Å²) in [7, 11) is 1.63. The van der Waals surface area contributed by atoms with Gasteiger partial charge in [0, 0.05) is 43.9 Å². The Balaban J connectivity index is 0.00000121. The van der Waals surface area contributed by atoms with Crippen LogP contribution in [0, 0.1) is 11.7 Å². The van der Waals surface area contributed by atoms with Crippen molar-refractivity contribution in [2.24, 2.45) is 5.92 Å². The summed E-state index contributed by atoms with van der Waals surface area (Å²) in [5, 5.41) is 3.39. The summed E-state index contributed by atoms with van der Waals surface area (Å²) in [6, 6.07) is 5.33. The first kappa shape index (κ1) is 19.5. The van der Waals surface area contributed by atoms with E-state index in [-0.39, 0.29) is 30.6 Å². The molecule has 3 nitrogen and oxygen atoms in total. The van der Waals surface area contributed by atoms with Gasteiger partial charge in [0.05, 0.1) is 7.11 Å². The van der Waals surface area contributed by atoms with E-state index in [9.17, 15) is 4.39 Å². The van der Waals surface area contributed by atoms with Crippen LogP contribution in [-0.4, -0.2) is 38.2 Å². The standard InChI is InChI=1S/C16H23FN2O.2ClH/c1-20-16-11-13(17)4-5-14(16)15(10-12-2-3-12)19-8-6-18-7-9-19;;/h4-5,11-12,15,18H,2-3,6-10H2,1H3;2*1H/t15-;;/m0../s1. The molecule has 1 saturated heterocycles. The van der Waals surface area contributed by atoms with Crippen LogP contribution in [0.4, 0.5) is 4.39 Å². The number of nitrogens with zero attached hydrogens (tertiary/aromatic N) is 1. The molecule has 1 N–H and O–H groups in total. The van der Waals surface area contributed by atoms with Gasteiger partial charge in [-0.25, -0.2) is 4.39 Å². The summed E-state index contributed by atoms with van der Waals surface area (Å²) in [5.41, 5.74) is 1.14. The van der Waals surface area contributed by atoms with Gasteiger partial charge in [-0.1, -0.05) is 18.9 Å². The van der Waals surface area contributed by atoms with Crippen molar-refractivity contribution in [2.45, 2.75) is 25.3 Å². The molecule has 1 aromatic carbocycles. The fourth-order valence-corrected chi connectivity index (χ4v) is 3.10. The number of hydrogen-bond donors (Lipinski definition) is 1. The summed E-state index contributed by atoms with van der Waals surface area (Å²) >= 11 is 0. The van der Waals surface area contributed by atoms with Crippen molar-refractivity contribution < 1.29 is 9.13 Å². The predicted molar refractivity (Wildman–Crippen MR) is 92.0 cm³/mol. The number of rotatable bonds is 5. The molecule has 2 aliphatic rings. The number of ether oxygens (including phenoxy) is 1. The molecule has 22 heavy (non-hydrogen) atoms. The second-order valence-corrected chi connectivity index (χ2v) is 5.87. The third kappa shape index (κ3) is 4.72. The maximum absolute atomic E-state index is 13.4. The molecule has 6 heteroatoms. The van der Waals surface area contributed by atoms with Crippen LogP contribution in [0.25, 0.3) is 0 Å². The molecule has 1 aliphatic carbocycles. The maximum Gasteiger partial charge on any atom is 0.126 e. The molecule has 0 bridgehead atoms. The van der Waals surface area contributed by atoms with E-state index in [2.05, 4.69) is 10.2 Å². The minimum absolute atomic E-state index is 0. The second kappa shape index (κ2) is 8.92.